The molecule has 2 N–H and O–H groups in total. The molecule has 0 amide bonds. The summed E-state index contributed by atoms with van der Waals surface area (Å²) in [6, 6.07) is 10.6. The molecular weight excluding hydrogens is 316 g/mol. The van der Waals surface area contributed by atoms with Gasteiger partial charge in [0, 0.05) is 6.61 Å². The maximum absolute atomic E-state index is 5.94. The van der Waals surface area contributed by atoms with Crippen LogP contribution in [0.3, 0.4) is 0 Å². The molecule has 7 nitrogen and oxygen atoms in total. The van der Waals surface area contributed by atoms with Gasteiger partial charge in [-0.25, -0.2) is 14.6 Å². The average Bonchev–Trinajstić information content (AvgIpc) is 3.08. The summed E-state index contributed by atoms with van der Waals surface area (Å²) in [7, 11) is 0. The van der Waals surface area contributed by atoms with Crippen molar-refractivity contribution < 1.29 is 4.74 Å². The zero-order valence-electron chi connectivity index (χ0n) is 14.1. The lowest BCUT2D eigenvalue weighted by atomic mass is 9.86. The fraction of sp³-hybridized carbons (Fsp3) is 0.444. The molecule has 3 aromatic rings. The second-order valence-electron chi connectivity index (χ2n) is 6.65. The van der Waals surface area contributed by atoms with E-state index in [1.54, 1.807) is 0 Å². The minimum absolute atomic E-state index is 0.290. The smallest absolute Gasteiger partial charge is 0.184 e. The van der Waals surface area contributed by atoms with Gasteiger partial charge in [-0.2, -0.15) is 0 Å². The molecular formula is C18H22N6O. The highest BCUT2D eigenvalue weighted by Crippen LogP contribution is 2.33. The van der Waals surface area contributed by atoms with Crippen LogP contribution in [0, 0.1) is 5.92 Å². The second kappa shape index (κ2) is 7.14. The molecule has 25 heavy (non-hydrogen) atoms. The normalized spacial score (nSPS) is 20.8. The summed E-state index contributed by atoms with van der Waals surface area (Å²) in [4.78, 5) is 8.30. The van der Waals surface area contributed by atoms with Crippen LogP contribution < -0.4 is 5.73 Å². The molecule has 0 bridgehead atoms. The molecule has 0 aliphatic heterocycles. The van der Waals surface area contributed by atoms with Gasteiger partial charge in [-0.15, -0.1) is 5.10 Å². The van der Waals surface area contributed by atoms with Crippen molar-refractivity contribution in [3.8, 4) is 0 Å². The minimum Gasteiger partial charge on any atom is -0.382 e. The van der Waals surface area contributed by atoms with Crippen molar-refractivity contribution in [2.75, 3.05) is 12.3 Å². The van der Waals surface area contributed by atoms with Crippen LogP contribution in [0.2, 0.25) is 0 Å². The van der Waals surface area contributed by atoms with Gasteiger partial charge < -0.3 is 10.5 Å². The van der Waals surface area contributed by atoms with Crippen molar-refractivity contribution in [3.63, 3.8) is 0 Å². The Morgan fingerprint density at radius 3 is 2.92 bits per heavy atom. The number of nitrogens with two attached hydrogens (primary N) is 1. The maximum atomic E-state index is 5.94. The van der Waals surface area contributed by atoms with Gasteiger partial charge in [-0.1, -0.05) is 42.0 Å². The third-order valence-corrected chi connectivity index (χ3v) is 4.86. The fourth-order valence-electron chi connectivity index (χ4n) is 3.58. The third kappa shape index (κ3) is 3.46. The molecule has 1 aliphatic rings. The number of rotatable bonds is 5. The maximum Gasteiger partial charge on any atom is 0.184 e. The van der Waals surface area contributed by atoms with E-state index < -0.39 is 0 Å². The van der Waals surface area contributed by atoms with E-state index in [0.717, 1.165) is 31.5 Å². The predicted molar refractivity (Wildman–Crippen MR) is 94.6 cm³/mol. The summed E-state index contributed by atoms with van der Waals surface area (Å²) >= 11 is 0. The summed E-state index contributed by atoms with van der Waals surface area (Å²) in [5, 5.41) is 8.44. The van der Waals surface area contributed by atoms with Crippen LogP contribution >= 0.6 is 0 Å². The molecule has 1 saturated carbocycles. The standard InChI is InChI=1S/C18H22N6O/c19-17-16-18(21-12-20-17)24(23-22-16)15-8-4-7-14(9-15)11-25-10-13-5-2-1-3-6-13/h1-3,5-6,12,14-15H,4,7-11H2,(H2,19,20,21). The third-order valence-electron chi connectivity index (χ3n) is 4.86. The van der Waals surface area contributed by atoms with Crippen LogP contribution in [0.4, 0.5) is 5.82 Å². The Hall–Kier alpha value is -2.54. The number of fused-ring (bicyclic) bond motifs is 1. The molecule has 1 aliphatic carbocycles. The van der Waals surface area contributed by atoms with Crippen LogP contribution in [0.1, 0.15) is 37.3 Å². The average molecular weight is 338 g/mol. The van der Waals surface area contributed by atoms with E-state index in [-0.39, 0.29) is 0 Å². The van der Waals surface area contributed by atoms with Crippen LogP contribution in [-0.2, 0) is 11.3 Å². The van der Waals surface area contributed by atoms with Gasteiger partial charge in [0.15, 0.2) is 17.0 Å². The molecule has 1 aromatic carbocycles. The van der Waals surface area contributed by atoms with E-state index in [1.807, 2.05) is 22.9 Å². The van der Waals surface area contributed by atoms with E-state index in [9.17, 15) is 0 Å². The van der Waals surface area contributed by atoms with Crippen molar-refractivity contribution >= 4 is 17.0 Å². The lowest BCUT2D eigenvalue weighted by molar-refractivity contribution is 0.0640. The van der Waals surface area contributed by atoms with E-state index in [4.69, 9.17) is 10.5 Å². The van der Waals surface area contributed by atoms with Crippen molar-refractivity contribution in [1.29, 1.82) is 0 Å². The Kier molecular flexibility index (Phi) is 4.56. The number of anilines is 1. The molecule has 2 heterocycles. The number of benzene rings is 1. The lowest BCUT2D eigenvalue weighted by Gasteiger charge is -2.29. The van der Waals surface area contributed by atoms with Gasteiger partial charge >= 0.3 is 0 Å². The summed E-state index contributed by atoms with van der Waals surface area (Å²) in [6.07, 6.45) is 5.93. The SMILES string of the molecule is Nc1ncnc2c1nnn2C1CCCC(COCc2ccccc2)C1. The van der Waals surface area contributed by atoms with E-state index in [2.05, 4.69) is 32.4 Å². The summed E-state index contributed by atoms with van der Waals surface area (Å²) in [6.45, 7) is 1.44. The van der Waals surface area contributed by atoms with E-state index in [0.29, 0.717) is 29.9 Å². The van der Waals surface area contributed by atoms with Crippen molar-refractivity contribution in [2.45, 2.75) is 38.3 Å². The van der Waals surface area contributed by atoms with Gasteiger partial charge in [0.05, 0.1) is 12.6 Å². The second-order valence-corrected chi connectivity index (χ2v) is 6.65. The van der Waals surface area contributed by atoms with Gasteiger partial charge in [0.1, 0.15) is 6.33 Å². The fourth-order valence-corrected chi connectivity index (χ4v) is 3.58. The van der Waals surface area contributed by atoms with E-state index >= 15 is 0 Å². The highest BCUT2D eigenvalue weighted by molar-refractivity contribution is 5.80. The molecule has 2 unspecified atom stereocenters. The molecule has 7 heteroatoms. The number of aromatic nitrogens is 5. The number of ether oxygens (including phenoxy) is 1. The zero-order valence-corrected chi connectivity index (χ0v) is 14.1. The first-order chi connectivity index (χ1) is 12.3. The molecule has 130 valence electrons. The monoisotopic (exact) mass is 338 g/mol. The highest BCUT2D eigenvalue weighted by Gasteiger charge is 2.26. The zero-order chi connectivity index (χ0) is 17.1. The van der Waals surface area contributed by atoms with E-state index in [1.165, 1.54) is 18.3 Å². The van der Waals surface area contributed by atoms with Crippen LogP contribution in [-0.4, -0.2) is 31.6 Å². The minimum atomic E-state index is 0.290. The van der Waals surface area contributed by atoms with Crippen molar-refractivity contribution in [1.82, 2.24) is 25.0 Å². The largest absolute Gasteiger partial charge is 0.382 e. The summed E-state index contributed by atoms with van der Waals surface area (Å²) in [5.41, 5.74) is 8.39. The van der Waals surface area contributed by atoms with Crippen LogP contribution in [0.15, 0.2) is 36.7 Å². The van der Waals surface area contributed by atoms with Crippen molar-refractivity contribution in [2.24, 2.45) is 5.92 Å². The van der Waals surface area contributed by atoms with Gasteiger partial charge in [0.2, 0.25) is 0 Å². The summed E-state index contributed by atoms with van der Waals surface area (Å²) in [5.74, 6) is 0.913. The van der Waals surface area contributed by atoms with Gasteiger partial charge in [-0.3, -0.25) is 0 Å². The molecule has 0 saturated heterocycles. The number of hydrogen-bond acceptors (Lipinski definition) is 6. The molecule has 2 atom stereocenters. The molecule has 0 radical (unpaired) electrons. The van der Waals surface area contributed by atoms with Gasteiger partial charge in [0.25, 0.3) is 0 Å². The quantitative estimate of drug-likeness (QED) is 0.769. The van der Waals surface area contributed by atoms with Crippen LogP contribution in [0.25, 0.3) is 11.2 Å². The Labute approximate surface area is 146 Å². The molecule has 4 rings (SSSR count). The first-order valence-corrected chi connectivity index (χ1v) is 8.74. The lowest BCUT2D eigenvalue weighted by Crippen LogP contribution is -2.23. The Balaban J connectivity index is 1.39. The first-order valence-electron chi connectivity index (χ1n) is 8.74. The Bertz CT molecular complexity index is 834. The number of nitrogens with zero attached hydrogens (tertiary/aromatic N) is 5. The predicted octanol–water partition coefficient (Wildman–Crippen LogP) is 2.75. The topological polar surface area (TPSA) is 91.7 Å². The summed E-state index contributed by atoms with van der Waals surface area (Å²) < 4.78 is 7.85. The first kappa shape index (κ1) is 16.0. The highest BCUT2D eigenvalue weighted by atomic mass is 16.5. The molecule has 2 aromatic heterocycles. The van der Waals surface area contributed by atoms with Crippen LogP contribution in [0.5, 0.6) is 0 Å². The van der Waals surface area contributed by atoms with Crippen molar-refractivity contribution in [3.05, 3.63) is 42.2 Å². The number of nitrogen functional groups attached to an aromatic ring is 1. The number of hydrogen-bond donors (Lipinski definition) is 1. The Morgan fingerprint density at radius 2 is 2.04 bits per heavy atom. The van der Waals surface area contributed by atoms with Gasteiger partial charge in [-0.05, 0) is 30.7 Å². The Morgan fingerprint density at radius 1 is 1.16 bits per heavy atom. The molecule has 0 spiro atoms. The molecule has 1 fully saturated rings.